The average Bonchev–Trinajstić information content (AvgIpc) is 2.34. The van der Waals surface area contributed by atoms with Crippen molar-refractivity contribution in [1.29, 1.82) is 0 Å². The van der Waals surface area contributed by atoms with Crippen molar-refractivity contribution in [2.75, 3.05) is 25.0 Å². The van der Waals surface area contributed by atoms with Crippen LogP contribution in [0.1, 0.15) is 45.7 Å². The summed E-state index contributed by atoms with van der Waals surface area (Å²) in [6.07, 6.45) is 1.09. The summed E-state index contributed by atoms with van der Waals surface area (Å²) < 4.78 is 14.2. The van der Waals surface area contributed by atoms with Crippen molar-refractivity contribution < 1.29 is 4.39 Å². The van der Waals surface area contributed by atoms with E-state index in [4.69, 9.17) is 0 Å². The van der Waals surface area contributed by atoms with Gasteiger partial charge in [0.15, 0.2) is 0 Å². The van der Waals surface area contributed by atoms with E-state index in [1.807, 2.05) is 24.1 Å². The highest BCUT2D eigenvalue weighted by atomic mass is 19.1. The maximum Gasteiger partial charge on any atom is 0.146 e. The molecule has 0 fully saturated rings. The van der Waals surface area contributed by atoms with Crippen LogP contribution in [0, 0.1) is 11.7 Å². The Kier molecular flexibility index (Phi) is 6.29. The van der Waals surface area contributed by atoms with Gasteiger partial charge >= 0.3 is 0 Å². The minimum absolute atomic E-state index is 0.134. The molecule has 1 atom stereocenters. The molecule has 0 aromatic heterocycles. The Morgan fingerprint density at radius 1 is 1.26 bits per heavy atom. The van der Waals surface area contributed by atoms with Crippen LogP contribution in [-0.2, 0) is 0 Å². The molecule has 3 heteroatoms. The topological polar surface area (TPSA) is 15.3 Å². The van der Waals surface area contributed by atoms with Gasteiger partial charge in [0, 0.05) is 19.6 Å². The van der Waals surface area contributed by atoms with Crippen LogP contribution in [0.2, 0.25) is 0 Å². The zero-order chi connectivity index (χ0) is 14.4. The standard InChI is InChI=1S/C16H27FN2/c1-6-9-18-13(4)14-7-8-16(15(17)10-14)19(5)11-12(2)3/h7-8,10,12-13,18H,6,9,11H2,1-5H3. The molecule has 0 radical (unpaired) electrons. The Balaban J connectivity index is 2.79. The first-order chi connectivity index (χ1) is 8.95. The maximum atomic E-state index is 14.2. The minimum atomic E-state index is -0.134. The lowest BCUT2D eigenvalue weighted by Gasteiger charge is -2.23. The lowest BCUT2D eigenvalue weighted by molar-refractivity contribution is 0.559. The summed E-state index contributed by atoms with van der Waals surface area (Å²) in [6, 6.07) is 5.75. The summed E-state index contributed by atoms with van der Waals surface area (Å²) >= 11 is 0. The van der Waals surface area contributed by atoms with E-state index in [1.54, 1.807) is 6.07 Å². The Morgan fingerprint density at radius 3 is 2.47 bits per heavy atom. The van der Waals surface area contributed by atoms with Crippen molar-refractivity contribution in [3.8, 4) is 0 Å². The van der Waals surface area contributed by atoms with Gasteiger partial charge in [-0.15, -0.1) is 0 Å². The third kappa shape index (κ3) is 4.83. The highest BCUT2D eigenvalue weighted by Gasteiger charge is 2.12. The van der Waals surface area contributed by atoms with Crippen molar-refractivity contribution in [3.05, 3.63) is 29.6 Å². The number of nitrogens with zero attached hydrogens (tertiary/aromatic N) is 1. The zero-order valence-corrected chi connectivity index (χ0v) is 12.8. The molecule has 19 heavy (non-hydrogen) atoms. The van der Waals surface area contributed by atoms with Crippen LogP contribution in [0.15, 0.2) is 18.2 Å². The highest BCUT2D eigenvalue weighted by molar-refractivity contribution is 5.49. The summed E-state index contributed by atoms with van der Waals surface area (Å²) in [4.78, 5) is 1.98. The molecule has 0 aliphatic rings. The van der Waals surface area contributed by atoms with Crippen molar-refractivity contribution in [3.63, 3.8) is 0 Å². The van der Waals surface area contributed by atoms with E-state index in [9.17, 15) is 4.39 Å². The maximum absolute atomic E-state index is 14.2. The zero-order valence-electron chi connectivity index (χ0n) is 12.8. The van der Waals surface area contributed by atoms with Crippen LogP contribution in [0.5, 0.6) is 0 Å². The summed E-state index contributed by atoms with van der Waals surface area (Å²) in [5, 5.41) is 3.38. The van der Waals surface area contributed by atoms with Crippen LogP contribution in [0.3, 0.4) is 0 Å². The normalized spacial score (nSPS) is 12.8. The molecule has 108 valence electrons. The molecule has 0 aliphatic heterocycles. The van der Waals surface area contributed by atoms with E-state index in [-0.39, 0.29) is 11.9 Å². The first-order valence-corrected chi connectivity index (χ1v) is 7.19. The molecule has 1 unspecified atom stereocenters. The molecule has 0 aliphatic carbocycles. The second-order valence-corrected chi connectivity index (χ2v) is 5.66. The Labute approximate surface area is 117 Å². The molecule has 0 heterocycles. The van der Waals surface area contributed by atoms with Gasteiger partial charge in [-0.1, -0.05) is 26.8 Å². The van der Waals surface area contributed by atoms with E-state index in [1.165, 1.54) is 0 Å². The lowest BCUT2D eigenvalue weighted by atomic mass is 10.1. The molecule has 0 amide bonds. The van der Waals surface area contributed by atoms with Crippen molar-refractivity contribution in [2.45, 2.75) is 40.2 Å². The van der Waals surface area contributed by atoms with Gasteiger partial charge in [0.1, 0.15) is 5.82 Å². The Hall–Kier alpha value is -1.09. The van der Waals surface area contributed by atoms with Crippen molar-refractivity contribution in [1.82, 2.24) is 5.32 Å². The van der Waals surface area contributed by atoms with Crippen LogP contribution >= 0.6 is 0 Å². The SMILES string of the molecule is CCCNC(C)c1ccc(N(C)CC(C)C)c(F)c1. The third-order valence-corrected chi connectivity index (χ3v) is 3.22. The van der Waals surface area contributed by atoms with Gasteiger partial charge < -0.3 is 10.2 Å². The minimum Gasteiger partial charge on any atom is -0.372 e. The number of benzene rings is 1. The van der Waals surface area contributed by atoms with E-state index >= 15 is 0 Å². The fraction of sp³-hybridized carbons (Fsp3) is 0.625. The second-order valence-electron chi connectivity index (χ2n) is 5.66. The van der Waals surface area contributed by atoms with E-state index < -0.39 is 0 Å². The van der Waals surface area contributed by atoms with Gasteiger partial charge in [0.2, 0.25) is 0 Å². The van der Waals surface area contributed by atoms with E-state index in [0.29, 0.717) is 11.6 Å². The molecular weight excluding hydrogens is 239 g/mol. The molecule has 2 nitrogen and oxygen atoms in total. The summed E-state index contributed by atoms with van der Waals surface area (Å²) in [7, 11) is 1.94. The average molecular weight is 266 g/mol. The predicted octanol–water partition coefficient (Wildman–Crippen LogP) is 3.98. The molecule has 0 spiro atoms. The van der Waals surface area contributed by atoms with Crippen molar-refractivity contribution in [2.24, 2.45) is 5.92 Å². The second kappa shape index (κ2) is 7.49. The first kappa shape index (κ1) is 16.0. The summed E-state index contributed by atoms with van der Waals surface area (Å²) in [6.45, 7) is 10.3. The number of rotatable bonds is 7. The molecule has 0 saturated heterocycles. The lowest BCUT2D eigenvalue weighted by Crippen LogP contribution is -2.24. The van der Waals surface area contributed by atoms with E-state index in [2.05, 4.69) is 33.0 Å². The molecule has 1 aromatic rings. The molecule has 0 bridgehead atoms. The fourth-order valence-electron chi connectivity index (χ4n) is 2.23. The quantitative estimate of drug-likeness (QED) is 0.803. The number of nitrogens with one attached hydrogen (secondary N) is 1. The largest absolute Gasteiger partial charge is 0.372 e. The number of anilines is 1. The third-order valence-electron chi connectivity index (χ3n) is 3.22. The summed E-state index contributed by atoms with van der Waals surface area (Å²) in [5.41, 5.74) is 1.69. The Bertz CT molecular complexity index is 390. The molecule has 0 saturated carbocycles. The highest BCUT2D eigenvalue weighted by Crippen LogP contribution is 2.23. The molecule has 1 aromatic carbocycles. The first-order valence-electron chi connectivity index (χ1n) is 7.19. The van der Waals surface area contributed by atoms with E-state index in [0.717, 1.165) is 25.1 Å². The van der Waals surface area contributed by atoms with Crippen LogP contribution in [0.25, 0.3) is 0 Å². The number of halogens is 1. The monoisotopic (exact) mass is 266 g/mol. The fourth-order valence-corrected chi connectivity index (χ4v) is 2.23. The van der Waals surface area contributed by atoms with Crippen LogP contribution in [-0.4, -0.2) is 20.1 Å². The molecule has 1 N–H and O–H groups in total. The van der Waals surface area contributed by atoms with Gasteiger partial charge in [-0.25, -0.2) is 4.39 Å². The smallest absolute Gasteiger partial charge is 0.146 e. The van der Waals surface area contributed by atoms with Crippen LogP contribution < -0.4 is 10.2 Å². The van der Waals surface area contributed by atoms with Gasteiger partial charge in [-0.3, -0.25) is 0 Å². The van der Waals surface area contributed by atoms with Crippen molar-refractivity contribution >= 4 is 5.69 Å². The molecule has 1 rings (SSSR count). The van der Waals surface area contributed by atoms with Gasteiger partial charge in [-0.05, 0) is 43.5 Å². The summed E-state index contributed by atoms with van der Waals surface area (Å²) in [5.74, 6) is 0.389. The molecular formula is C16H27FN2. The van der Waals surface area contributed by atoms with Gasteiger partial charge in [0.05, 0.1) is 5.69 Å². The van der Waals surface area contributed by atoms with Crippen LogP contribution in [0.4, 0.5) is 10.1 Å². The van der Waals surface area contributed by atoms with Gasteiger partial charge in [-0.2, -0.15) is 0 Å². The Morgan fingerprint density at radius 2 is 1.95 bits per heavy atom. The number of hydrogen-bond donors (Lipinski definition) is 1. The predicted molar refractivity (Wildman–Crippen MR) is 81.2 cm³/mol. The number of hydrogen-bond acceptors (Lipinski definition) is 2. The van der Waals surface area contributed by atoms with Gasteiger partial charge in [0.25, 0.3) is 0 Å².